The summed E-state index contributed by atoms with van der Waals surface area (Å²) in [7, 11) is 0. The van der Waals surface area contributed by atoms with Gasteiger partial charge in [-0.3, -0.25) is 14.6 Å². The van der Waals surface area contributed by atoms with Crippen LogP contribution >= 0.6 is 12.2 Å². The predicted molar refractivity (Wildman–Crippen MR) is 127 cm³/mol. The van der Waals surface area contributed by atoms with Gasteiger partial charge in [0.2, 0.25) is 0 Å². The summed E-state index contributed by atoms with van der Waals surface area (Å²) in [4.78, 5) is 29.4. The number of aromatic amines is 2. The summed E-state index contributed by atoms with van der Waals surface area (Å²) in [5, 5.41) is 0. The van der Waals surface area contributed by atoms with Gasteiger partial charge in [0.1, 0.15) is 0 Å². The highest BCUT2D eigenvalue weighted by Gasteiger charge is 2.09. The van der Waals surface area contributed by atoms with Crippen LogP contribution in [0, 0.1) is 4.77 Å². The van der Waals surface area contributed by atoms with E-state index < -0.39 is 0 Å². The van der Waals surface area contributed by atoms with Crippen molar-refractivity contribution >= 4 is 18.2 Å². The molecule has 6 heteroatoms. The molecule has 5 nitrogen and oxygen atoms in total. The van der Waals surface area contributed by atoms with Crippen LogP contribution in [0.3, 0.4) is 0 Å². The summed E-state index contributed by atoms with van der Waals surface area (Å²) in [6.45, 7) is 4.41. The van der Waals surface area contributed by atoms with Crippen LogP contribution in [-0.2, 0) is 22.4 Å². The molecule has 30 heavy (non-hydrogen) atoms. The summed E-state index contributed by atoms with van der Waals surface area (Å²) in [5.74, 6) is -0.189. The second-order valence-corrected chi connectivity index (χ2v) is 8.59. The number of H-pyrrole nitrogens is 2. The monoisotopic (exact) mass is 438 g/mol. The van der Waals surface area contributed by atoms with Crippen molar-refractivity contribution in [2.24, 2.45) is 0 Å². The van der Waals surface area contributed by atoms with E-state index in [0.717, 1.165) is 30.5 Å². The zero-order valence-electron chi connectivity index (χ0n) is 19.2. The largest absolute Gasteiger partial charge is 0.466 e. The summed E-state index contributed by atoms with van der Waals surface area (Å²) in [6, 6.07) is 0. The van der Waals surface area contributed by atoms with Crippen LogP contribution in [0.2, 0.25) is 0 Å². The molecule has 1 aromatic rings. The van der Waals surface area contributed by atoms with Gasteiger partial charge in [-0.05, 0) is 37.9 Å². The summed E-state index contributed by atoms with van der Waals surface area (Å²) in [5.41, 5.74) is 1.61. The number of carbonyl (C=O) groups excluding carboxylic acids is 1. The number of aromatic nitrogens is 2. The van der Waals surface area contributed by atoms with E-state index in [1.54, 1.807) is 6.92 Å². The van der Waals surface area contributed by atoms with Crippen LogP contribution < -0.4 is 5.56 Å². The number of rotatable bonds is 18. The van der Waals surface area contributed by atoms with Gasteiger partial charge in [-0.2, -0.15) is 0 Å². The van der Waals surface area contributed by atoms with Crippen molar-refractivity contribution in [2.45, 2.75) is 117 Å². The number of unbranched alkanes of at least 4 members (excludes halogenated alkanes) is 11. The van der Waals surface area contributed by atoms with Crippen LogP contribution in [0.4, 0.5) is 0 Å². The molecular formula is C24H42N2O3S. The Hall–Kier alpha value is -1.43. The Kier molecular flexibility index (Phi) is 15.3. The first-order chi connectivity index (χ1) is 14.6. The first-order valence-electron chi connectivity index (χ1n) is 12.1. The Balaban J connectivity index is 2.25. The molecule has 1 rings (SSSR count). The van der Waals surface area contributed by atoms with Crippen molar-refractivity contribution in [2.75, 3.05) is 6.61 Å². The van der Waals surface area contributed by atoms with E-state index in [9.17, 15) is 9.59 Å². The molecule has 0 amide bonds. The molecule has 0 atom stereocenters. The quantitative estimate of drug-likeness (QED) is 0.155. The van der Waals surface area contributed by atoms with Gasteiger partial charge in [-0.25, -0.2) is 0 Å². The summed E-state index contributed by atoms with van der Waals surface area (Å²) >= 11 is 5.12. The van der Waals surface area contributed by atoms with E-state index in [1.165, 1.54) is 64.2 Å². The second kappa shape index (κ2) is 17.3. The second-order valence-electron chi connectivity index (χ2n) is 8.18. The van der Waals surface area contributed by atoms with Crippen molar-refractivity contribution in [3.05, 3.63) is 26.4 Å². The van der Waals surface area contributed by atoms with E-state index in [0.29, 0.717) is 30.6 Å². The SMILES string of the molecule is CCCCCCCCCCCCCCc1c(CCCOC(=O)CC)[nH]c(=S)[nH]c1=O. The molecular weight excluding hydrogens is 396 g/mol. The van der Waals surface area contributed by atoms with Gasteiger partial charge in [-0.1, -0.05) is 84.5 Å². The molecule has 2 N–H and O–H groups in total. The maximum Gasteiger partial charge on any atom is 0.305 e. The molecule has 0 aromatic carbocycles. The van der Waals surface area contributed by atoms with Gasteiger partial charge in [0.25, 0.3) is 5.56 Å². The van der Waals surface area contributed by atoms with Crippen molar-refractivity contribution in [1.82, 2.24) is 9.97 Å². The van der Waals surface area contributed by atoms with Crippen LogP contribution in [0.5, 0.6) is 0 Å². The molecule has 0 radical (unpaired) electrons. The Morgan fingerprint density at radius 3 is 1.93 bits per heavy atom. The Morgan fingerprint density at radius 1 is 0.800 bits per heavy atom. The number of hydrogen-bond acceptors (Lipinski definition) is 4. The van der Waals surface area contributed by atoms with Crippen LogP contribution in [0.15, 0.2) is 4.79 Å². The number of ether oxygens (including phenoxy) is 1. The summed E-state index contributed by atoms with van der Waals surface area (Å²) < 4.78 is 5.49. The fourth-order valence-electron chi connectivity index (χ4n) is 3.72. The highest BCUT2D eigenvalue weighted by Crippen LogP contribution is 2.14. The molecule has 1 aromatic heterocycles. The zero-order valence-corrected chi connectivity index (χ0v) is 20.0. The summed E-state index contributed by atoms with van der Waals surface area (Å²) in [6.07, 6.45) is 18.1. The molecule has 0 saturated heterocycles. The lowest BCUT2D eigenvalue weighted by molar-refractivity contribution is -0.143. The molecule has 0 aliphatic rings. The van der Waals surface area contributed by atoms with Gasteiger partial charge in [0, 0.05) is 17.7 Å². The Labute approximate surface area is 187 Å². The normalized spacial score (nSPS) is 11.0. The molecule has 0 saturated carbocycles. The number of nitrogens with one attached hydrogen (secondary N) is 2. The standard InChI is InChI=1S/C24H42N2O3S/c1-3-5-6-7-8-9-10-11-12-13-14-15-17-20-21(25-24(30)26-23(20)28)18-16-19-29-22(27)4-2/h3-19H2,1-2H3,(H2,25,26,28,30). The average Bonchev–Trinajstić information content (AvgIpc) is 2.73. The van der Waals surface area contributed by atoms with Crippen LogP contribution in [0.25, 0.3) is 0 Å². The predicted octanol–water partition coefficient (Wildman–Crippen LogP) is 6.56. The minimum atomic E-state index is -0.189. The molecule has 0 aliphatic heterocycles. The van der Waals surface area contributed by atoms with Gasteiger partial charge in [0.05, 0.1) is 6.61 Å². The van der Waals surface area contributed by atoms with Crippen molar-refractivity contribution in [1.29, 1.82) is 0 Å². The Morgan fingerprint density at radius 2 is 1.37 bits per heavy atom. The third-order valence-electron chi connectivity index (χ3n) is 5.53. The molecule has 0 bridgehead atoms. The molecule has 0 unspecified atom stereocenters. The van der Waals surface area contributed by atoms with Crippen molar-refractivity contribution in [3.63, 3.8) is 0 Å². The van der Waals surface area contributed by atoms with Crippen LogP contribution in [0.1, 0.15) is 115 Å². The van der Waals surface area contributed by atoms with Crippen molar-refractivity contribution < 1.29 is 9.53 Å². The lowest BCUT2D eigenvalue weighted by Crippen LogP contribution is -2.18. The van der Waals surface area contributed by atoms with E-state index in [1.807, 2.05) is 0 Å². The average molecular weight is 439 g/mol. The fraction of sp³-hybridized carbons (Fsp3) is 0.792. The maximum atomic E-state index is 12.4. The lowest BCUT2D eigenvalue weighted by atomic mass is 10.0. The fourth-order valence-corrected chi connectivity index (χ4v) is 3.93. The molecule has 0 aliphatic carbocycles. The number of carbonyl (C=O) groups is 1. The third-order valence-corrected chi connectivity index (χ3v) is 5.74. The number of hydrogen-bond donors (Lipinski definition) is 2. The van der Waals surface area contributed by atoms with Crippen molar-refractivity contribution in [3.8, 4) is 0 Å². The van der Waals surface area contributed by atoms with Crippen LogP contribution in [-0.4, -0.2) is 22.5 Å². The zero-order chi connectivity index (χ0) is 22.0. The first-order valence-corrected chi connectivity index (χ1v) is 12.5. The van der Waals surface area contributed by atoms with Gasteiger partial charge in [-0.15, -0.1) is 0 Å². The minimum absolute atomic E-state index is 0.0811. The number of esters is 1. The highest BCUT2D eigenvalue weighted by molar-refractivity contribution is 7.71. The smallest absolute Gasteiger partial charge is 0.305 e. The Bertz CT molecular complexity index is 696. The first kappa shape index (κ1) is 26.6. The van der Waals surface area contributed by atoms with E-state index in [4.69, 9.17) is 17.0 Å². The minimum Gasteiger partial charge on any atom is -0.466 e. The topological polar surface area (TPSA) is 75.0 Å². The van der Waals surface area contributed by atoms with Gasteiger partial charge in [0.15, 0.2) is 4.77 Å². The molecule has 1 heterocycles. The third kappa shape index (κ3) is 12.3. The molecule has 172 valence electrons. The number of aryl methyl sites for hydroxylation is 1. The molecule has 0 spiro atoms. The lowest BCUT2D eigenvalue weighted by Gasteiger charge is -2.09. The van der Waals surface area contributed by atoms with E-state index >= 15 is 0 Å². The van der Waals surface area contributed by atoms with E-state index in [-0.39, 0.29) is 11.5 Å². The highest BCUT2D eigenvalue weighted by atomic mass is 32.1. The van der Waals surface area contributed by atoms with E-state index in [2.05, 4.69) is 16.9 Å². The van der Waals surface area contributed by atoms with Gasteiger partial charge >= 0.3 is 5.97 Å². The maximum absolute atomic E-state index is 12.4. The molecule has 0 fully saturated rings. The van der Waals surface area contributed by atoms with Gasteiger partial charge < -0.3 is 9.72 Å².